The Morgan fingerprint density at radius 3 is 2.69 bits per heavy atom. The maximum atomic E-state index is 15.7. The van der Waals surface area contributed by atoms with Crippen molar-refractivity contribution in [2.75, 3.05) is 31.1 Å². The number of rotatable bonds is 3. The van der Waals surface area contributed by atoms with E-state index in [0.717, 1.165) is 15.8 Å². The van der Waals surface area contributed by atoms with Crippen molar-refractivity contribution in [2.45, 2.75) is 0 Å². The van der Waals surface area contributed by atoms with Crippen LogP contribution in [-0.4, -0.2) is 46.5 Å². The van der Waals surface area contributed by atoms with Crippen LogP contribution in [-0.2, 0) is 4.79 Å². The third-order valence-electron chi connectivity index (χ3n) is 5.83. The van der Waals surface area contributed by atoms with Gasteiger partial charge in [-0.05, 0) is 52.1 Å². The van der Waals surface area contributed by atoms with E-state index in [2.05, 4.69) is 15.9 Å². The quantitative estimate of drug-likeness (QED) is 0.407. The Morgan fingerprint density at radius 1 is 1.16 bits per heavy atom. The van der Waals surface area contributed by atoms with Crippen LogP contribution in [0.15, 0.2) is 55.1 Å². The van der Waals surface area contributed by atoms with E-state index >= 15 is 4.39 Å². The smallest absolute Gasteiger partial charge is 0.246 e. The molecule has 1 fully saturated rings. The monoisotopic (exact) mass is 467 g/mol. The van der Waals surface area contributed by atoms with Crippen LogP contribution in [0.2, 0.25) is 5.02 Å². The second kappa shape index (κ2) is 8.07. The number of phenolic OH excluding ortho intramolecular Hbond substituents is 1. The van der Waals surface area contributed by atoms with Crippen LogP contribution in [0.5, 0.6) is 5.75 Å². The number of anilines is 1. The highest BCUT2D eigenvalue weighted by Gasteiger charge is 2.25. The summed E-state index contributed by atoms with van der Waals surface area (Å²) in [6.45, 7) is 5.94. The number of carbonyl (C=O) groups excluding carboxylic acids is 1. The summed E-state index contributed by atoms with van der Waals surface area (Å²) >= 11 is 7.87. The lowest BCUT2D eigenvalue weighted by Gasteiger charge is -2.34. The van der Waals surface area contributed by atoms with Crippen LogP contribution in [0, 0.1) is 5.82 Å². The number of benzene rings is 3. The van der Waals surface area contributed by atoms with Crippen molar-refractivity contribution in [3.05, 3.63) is 66.0 Å². The van der Waals surface area contributed by atoms with Gasteiger partial charge in [0.2, 0.25) is 5.91 Å². The molecule has 0 bridgehead atoms. The Balaban J connectivity index is 1.57. The molecule has 1 aliphatic heterocycles. The minimum Gasteiger partial charge on any atom is -0.508 e. The van der Waals surface area contributed by atoms with E-state index in [9.17, 15) is 9.90 Å². The third-order valence-corrected chi connectivity index (χ3v) is 7.06. The van der Waals surface area contributed by atoms with Gasteiger partial charge in [-0.2, -0.15) is 4.37 Å². The van der Waals surface area contributed by atoms with Gasteiger partial charge in [0.25, 0.3) is 0 Å². The Morgan fingerprint density at radius 2 is 1.94 bits per heavy atom. The predicted octanol–water partition coefficient (Wildman–Crippen LogP) is 5.45. The first kappa shape index (κ1) is 20.7. The van der Waals surface area contributed by atoms with Gasteiger partial charge in [0.15, 0.2) is 5.82 Å². The molecule has 0 atom stereocenters. The molecule has 8 heteroatoms. The summed E-state index contributed by atoms with van der Waals surface area (Å²) in [6.07, 6.45) is 1.32. The first-order valence-electron chi connectivity index (χ1n) is 10.1. The number of carbonyl (C=O) groups is 1. The van der Waals surface area contributed by atoms with E-state index in [1.54, 1.807) is 29.2 Å². The van der Waals surface area contributed by atoms with Gasteiger partial charge in [-0.25, -0.2) is 4.39 Å². The fourth-order valence-corrected chi connectivity index (χ4v) is 5.42. The largest absolute Gasteiger partial charge is 0.508 e. The minimum absolute atomic E-state index is 0.0825. The number of halogens is 2. The number of fused-ring (bicyclic) bond motifs is 2. The van der Waals surface area contributed by atoms with Crippen LogP contribution in [0.25, 0.3) is 32.8 Å². The molecule has 1 saturated heterocycles. The fraction of sp³-hybridized carbons (Fsp3) is 0.167. The van der Waals surface area contributed by atoms with Crippen LogP contribution >= 0.6 is 23.1 Å². The summed E-state index contributed by atoms with van der Waals surface area (Å²) < 4.78 is 20.2. The first-order chi connectivity index (χ1) is 15.5. The maximum Gasteiger partial charge on any atom is 0.246 e. The molecule has 1 aromatic heterocycles. The van der Waals surface area contributed by atoms with E-state index in [0.29, 0.717) is 47.7 Å². The number of hydrogen-bond acceptors (Lipinski definition) is 5. The van der Waals surface area contributed by atoms with E-state index in [-0.39, 0.29) is 17.2 Å². The van der Waals surface area contributed by atoms with Gasteiger partial charge < -0.3 is 14.9 Å². The lowest BCUT2D eigenvalue weighted by molar-refractivity contribution is -0.126. The summed E-state index contributed by atoms with van der Waals surface area (Å²) in [4.78, 5) is 15.7. The molecule has 1 aliphatic rings. The average Bonchev–Trinajstić information content (AvgIpc) is 3.22. The Kier molecular flexibility index (Phi) is 5.23. The van der Waals surface area contributed by atoms with Gasteiger partial charge in [0.05, 0.1) is 5.02 Å². The van der Waals surface area contributed by atoms with Crippen LogP contribution in [0.1, 0.15) is 0 Å². The second-order valence-electron chi connectivity index (χ2n) is 7.66. The van der Waals surface area contributed by atoms with Crippen molar-refractivity contribution < 1.29 is 14.3 Å². The molecule has 0 unspecified atom stereocenters. The summed E-state index contributed by atoms with van der Waals surface area (Å²) in [5, 5.41) is 13.2. The normalized spacial score (nSPS) is 14.3. The molecule has 5 nitrogen and oxygen atoms in total. The zero-order valence-corrected chi connectivity index (χ0v) is 18.6. The topological polar surface area (TPSA) is 56.7 Å². The van der Waals surface area contributed by atoms with Crippen LogP contribution in [0.3, 0.4) is 0 Å². The van der Waals surface area contributed by atoms with Gasteiger partial charge >= 0.3 is 0 Å². The number of aromatic hydroxyl groups is 1. The standard InChI is InChI=1S/C24H19ClFN3O2S/c1-2-20(31)28-8-10-29(11-9-28)24-18-13-19(25)21(22(26)23(18)27-32-24)17-5-3-4-14-12-15(30)6-7-16(14)17/h2-7,12-13,30H,1,8-11H2. The van der Waals surface area contributed by atoms with Gasteiger partial charge in [-0.1, -0.05) is 42.4 Å². The number of hydrogen-bond donors (Lipinski definition) is 1. The molecular weight excluding hydrogens is 449 g/mol. The zero-order chi connectivity index (χ0) is 22.4. The van der Waals surface area contributed by atoms with Gasteiger partial charge in [0.1, 0.15) is 16.3 Å². The molecule has 0 aliphatic carbocycles. The van der Waals surface area contributed by atoms with Gasteiger partial charge in [-0.3, -0.25) is 4.79 Å². The molecule has 1 N–H and O–H groups in total. The van der Waals surface area contributed by atoms with E-state index in [1.165, 1.54) is 17.6 Å². The molecule has 1 amide bonds. The molecule has 3 aromatic carbocycles. The van der Waals surface area contributed by atoms with E-state index < -0.39 is 5.82 Å². The molecule has 32 heavy (non-hydrogen) atoms. The number of aromatic nitrogens is 1. The van der Waals surface area contributed by atoms with E-state index in [1.807, 2.05) is 18.2 Å². The highest BCUT2D eigenvalue weighted by molar-refractivity contribution is 7.11. The number of phenols is 1. The Labute approximate surface area is 193 Å². The van der Waals surface area contributed by atoms with Crippen molar-refractivity contribution in [2.24, 2.45) is 0 Å². The average molecular weight is 468 g/mol. The maximum absolute atomic E-state index is 15.7. The Hall–Kier alpha value is -3.16. The zero-order valence-electron chi connectivity index (χ0n) is 17.0. The van der Waals surface area contributed by atoms with Crippen molar-refractivity contribution in [1.82, 2.24) is 9.27 Å². The molecule has 162 valence electrons. The molecule has 4 aromatic rings. The lowest BCUT2D eigenvalue weighted by Crippen LogP contribution is -2.48. The summed E-state index contributed by atoms with van der Waals surface area (Å²) in [5.74, 6) is -0.396. The van der Waals surface area contributed by atoms with Crippen molar-refractivity contribution in [3.8, 4) is 16.9 Å². The minimum atomic E-state index is -0.462. The Bertz CT molecular complexity index is 1380. The lowest BCUT2D eigenvalue weighted by atomic mass is 9.96. The molecule has 0 spiro atoms. The third kappa shape index (κ3) is 3.38. The molecule has 0 radical (unpaired) electrons. The van der Waals surface area contributed by atoms with Crippen molar-refractivity contribution >= 4 is 55.7 Å². The molecule has 0 saturated carbocycles. The first-order valence-corrected chi connectivity index (χ1v) is 11.3. The number of nitrogens with zero attached hydrogens (tertiary/aromatic N) is 3. The SMILES string of the molecule is C=CC(=O)N1CCN(c2snc3c(F)c(-c4cccc5cc(O)ccc45)c(Cl)cc23)CC1. The van der Waals surface area contributed by atoms with Crippen LogP contribution < -0.4 is 4.90 Å². The molecular formula is C24H19ClFN3O2S. The summed E-state index contributed by atoms with van der Waals surface area (Å²) in [5.41, 5.74) is 1.23. The highest BCUT2D eigenvalue weighted by Crippen LogP contribution is 2.43. The molecule has 5 rings (SSSR count). The van der Waals surface area contributed by atoms with Gasteiger partial charge in [0, 0.05) is 37.1 Å². The van der Waals surface area contributed by atoms with Crippen molar-refractivity contribution in [3.63, 3.8) is 0 Å². The highest BCUT2D eigenvalue weighted by atomic mass is 35.5. The summed E-state index contributed by atoms with van der Waals surface area (Å²) in [6, 6.07) is 12.2. The number of amides is 1. The number of piperazine rings is 1. The fourth-order valence-electron chi connectivity index (χ4n) is 4.22. The summed E-state index contributed by atoms with van der Waals surface area (Å²) in [7, 11) is 0. The van der Waals surface area contributed by atoms with Crippen molar-refractivity contribution in [1.29, 1.82) is 0 Å². The predicted molar refractivity (Wildman–Crippen MR) is 128 cm³/mol. The van der Waals surface area contributed by atoms with Gasteiger partial charge in [-0.15, -0.1) is 0 Å². The van der Waals surface area contributed by atoms with Crippen LogP contribution in [0.4, 0.5) is 9.39 Å². The van der Waals surface area contributed by atoms with E-state index in [4.69, 9.17) is 11.6 Å². The molecule has 2 heterocycles. The second-order valence-corrected chi connectivity index (χ2v) is 8.82.